The van der Waals surface area contributed by atoms with Gasteiger partial charge in [-0.15, -0.1) is 0 Å². The van der Waals surface area contributed by atoms with Crippen LogP contribution in [0.3, 0.4) is 0 Å². The van der Waals surface area contributed by atoms with Gasteiger partial charge in [0.2, 0.25) is 0 Å². The van der Waals surface area contributed by atoms with E-state index in [1.807, 2.05) is 60.8 Å². The zero-order valence-electron chi connectivity index (χ0n) is 22.2. The van der Waals surface area contributed by atoms with Gasteiger partial charge >= 0.3 is 5.97 Å². The number of rotatable bonds is 12. The molecule has 4 aromatic rings. The molecular weight excluding hydrogens is 470 g/mol. The molecule has 4 heteroatoms. The summed E-state index contributed by atoms with van der Waals surface area (Å²) in [4.78, 5) is 17.3. The first-order valence-corrected chi connectivity index (χ1v) is 13.4. The molecule has 0 saturated carbocycles. The molecule has 0 unspecified atom stereocenters. The van der Waals surface area contributed by atoms with Crippen LogP contribution in [-0.4, -0.2) is 18.8 Å². The van der Waals surface area contributed by atoms with Crippen molar-refractivity contribution in [3.05, 3.63) is 120 Å². The zero-order valence-corrected chi connectivity index (χ0v) is 22.2. The van der Waals surface area contributed by atoms with Gasteiger partial charge in [0.25, 0.3) is 0 Å². The van der Waals surface area contributed by atoms with Crippen molar-refractivity contribution >= 4 is 12.2 Å². The van der Waals surface area contributed by atoms with E-state index < -0.39 is 0 Å². The van der Waals surface area contributed by atoms with E-state index in [-0.39, 0.29) is 12.0 Å². The quantitative estimate of drug-likeness (QED) is 0.0837. The number of hydrogen-bond donors (Lipinski definition) is 0. The van der Waals surface area contributed by atoms with Crippen LogP contribution in [0.2, 0.25) is 0 Å². The predicted molar refractivity (Wildman–Crippen MR) is 155 cm³/mol. The van der Waals surface area contributed by atoms with Gasteiger partial charge in [-0.3, -0.25) is 4.99 Å². The number of nitrogens with zero attached hydrogens (tertiary/aromatic N) is 1. The van der Waals surface area contributed by atoms with Crippen molar-refractivity contribution < 1.29 is 14.3 Å². The maximum Gasteiger partial charge on any atom is 0.343 e. The Bertz CT molecular complexity index is 1290. The number of hydrogen-bond acceptors (Lipinski definition) is 4. The molecule has 0 bridgehead atoms. The van der Waals surface area contributed by atoms with Gasteiger partial charge in [0.1, 0.15) is 11.5 Å². The summed E-state index contributed by atoms with van der Waals surface area (Å²) in [6, 6.07) is 33.3. The molecule has 4 aromatic carbocycles. The molecule has 0 N–H and O–H groups in total. The zero-order chi connectivity index (χ0) is 26.6. The van der Waals surface area contributed by atoms with Gasteiger partial charge in [-0.05, 0) is 72.0 Å². The van der Waals surface area contributed by atoms with Crippen LogP contribution >= 0.6 is 0 Å². The summed E-state index contributed by atoms with van der Waals surface area (Å²) < 4.78 is 11.3. The Morgan fingerprint density at radius 2 is 1.39 bits per heavy atom. The predicted octanol–water partition coefficient (Wildman–Crippen LogP) is 8.71. The molecule has 0 aliphatic heterocycles. The second-order valence-electron chi connectivity index (χ2n) is 9.33. The van der Waals surface area contributed by atoms with E-state index >= 15 is 0 Å². The van der Waals surface area contributed by atoms with Gasteiger partial charge in [0.15, 0.2) is 0 Å². The highest BCUT2D eigenvalue weighted by atomic mass is 16.5. The van der Waals surface area contributed by atoms with Gasteiger partial charge in [-0.1, -0.05) is 92.9 Å². The molecule has 0 amide bonds. The first-order chi connectivity index (χ1) is 18.6. The van der Waals surface area contributed by atoms with E-state index in [4.69, 9.17) is 9.47 Å². The van der Waals surface area contributed by atoms with Gasteiger partial charge in [0.05, 0.1) is 18.2 Å². The number of carbonyl (C=O) groups excluding carboxylic acids is 1. The number of esters is 1. The topological polar surface area (TPSA) is 47.9 Å². The highest BCUT2D eigenvalue weighted by molar-refractivity contribution is 5.91. The van der Waals surface area contributed by atoms with E-state index in [0.717, 1.165) is 28.9 Å². The second-order valence-corrected chi connectivity index (χ2v) is 9.33. The number of unbranched alkanes of at least 4 members (excludes halogenated alkanes) is 3. The van der Waals surface area contributed by atoms with Crippen LogP contribution in [0.4, 0.5) is 0 Å². The van der Waals surface area contributed by atoms with Crippen molar-refractivity contribution in [3.63, 3.8) is 0 Å². The van der Waals surface area contributed by atoms with Crippen LogP contribution < -0.4 is 9.47 Å². The average molecular weight is 506 g/mol. The molecule has 0 aliphatic rings. The third-order valence-electron chi connectivity index (χ3n) is 6.39. The van der Waals surface area contributed by atoms with Crippen LogP contribution in [0.15, 0.2) is 108 Å². The Hall–Kier alpha value is -4.18. The lowest BCUT2D eigenvalue weighted by Crippen LogP contribution is -2.08. The van der Waals surface area contributed by atoms with Gasteiger partial charge in [-0.2, -0.15) is 0 Å². The summed E-state index contributed by atoms with van der Waals surface area (Å²) in [5.41, 5.74) is 4.87. The van der Waals surface area contributed by atoms with Crippen LogP contribution in [-0.2, 0) is 0 Å². The molecule has 0 saturated heterocycles. The maximum absolute atomic E-state index is 12.6. The molecule has 0 fully saturated rings. The molecule has 0 spiro atoms. The van der Waals surface area contributed by atoms with Crippen molar-refractivity contribution in [3.8, 4) is 22.6 Å². The monoisotopic (exact) mass is 505 g/mol. The molecule has 0 heterocycles. The summed E-state index contributed by atoms with van der Waals surface area (Å²) >= 11 is 0. The molecular formula is C34H35NO3. The first-order valence-electron chi connectivity index (χ1n) is 13.4. The molecule has 38 heavy (non-hydrogen) atoms. The lowest BCUT2D eigenvalue weighted by atomic mass is 10.0. The van der Waals surface area contributed by atoms with Gasteiger partial charge < -0.3 is 9.47 Å². The minimum Gasteiger partial charge on any atom is -0.494 e. The third-order valence-corrected chi connectivity index (χ3v) is 6.39. The molecule has 0 aliphatic carbocycles. The Labute approximate surface area is 226 Å². The largest absolute Gasteiger partial charge is 0.494 e. The van der Waals surface area contributed by atoms with Crippen molar-refractivity contribution in [1.29, 1.82) is 0 Å². The molecule has 194 valence electrons. The van der Waals surface area contributed by atoms with E-state index in [1.54, 1.807) is 12.1 Å². The molecule has 4 nitrogen and oxygen atoms in total. The highest BCUT2D eigenvalue weighted by Crippen LogP contribution is 2.24. The molecule has 0 radical (unpaired) electrons. The smallest absolute Gasteiger partial charge is 0.343 e. The summed E-state index contributed by atoms with van der Waals surface area (Å²) in [5.74, 6) is 0.889. The van der Waals surface area contributed by atoms with Crippen molar-refractivity contribution in [2.75, 3.05) is 6.61 Å². The molecule has 1 atom stereocenters. The van der Waals surface area contributed by atoms with Crippen LogP contribution in [0, 0.1) is 0 Å². The summed E-state index contributed by atoms with van der Waals surface area (Å²) in [6.07, 6.45) is 6.56. The van der Waals surface area contributed by atoms with Crippen molar-refractivity contribution in [2.45, 2.75) is 45.6 Å². The minimum atomic E-state index is -0.388. The van der Waals surface area contributed by atoms with E-state index in [2.05, 4.69) is 55.2 Å². The minimum absolute atomic E-state index is 0.109. The van der Waals surface area contributed by atoms with Crippen LogP contribution in [0.25, 0.3) is 11.1 Å². The lowest BCUT2D eigenvalue weighted by molar-refractivity contribution is 0.0734. The average Bonchev–Trinajstić information content (AvgIpc) is 2.97. The standard InChI is InChI=1S/C34H35NO3/c1-3-4-5-9-24-37-32-20-18-31(19-21-32)34(36)38-33-22-16-30(17-23-33)29-14-12-27(13-15-29)25-35-26(2)28-10-7-6-8-11-28/h6-8,10-23,25-26H,3-5,9,24H2,1-2H3/t26-/m0/s1. The van der Waals surface area contributed by atoms with Crippen LogP contribution in [0.1, 0.15) is 67.1 Å². The number of benzene rings is 4. The Morgan fingerprint density at radius 3 is 2.05 bits per heavy atom. The highest BCUT2D eigenvalue weighted by Gasteiger charge is 2.09. The molecule has 0 aromatic heterocycles. The normalized spacial score (nSPS) is 11.8. The van der Waals surface area contributed by atoms with Crippen molar-refractivity contribution in [2.24, 2.45) is 4.99 Å². The lowest BCUT2D eigenvalue weighted by Gasteiger charge is -2.08. The summed E-state index contributed by atoms with van der Waals surface area (Å²) in [7, 11) is 0. The van der Waals surface area contributed by atoms with E-state index in [1.165, 1.54) is 24.8 Å². The number of aliphatic imine (C=N–C) groups is 1. The Kier molecular flexibility index (Phi) is 9.86. The number of ether oxygens (including phenoxy) is 2. The second kappa shape index (κ2) is 13.9. The van der Waals surface area contributed by atoms with E-state index in [0.29, 0.717) is 17.9 Å². The number of carbonyl (C=O) groups is 1. The fraction of sp³-hybridized carbons (Fsp3) is 0.235. The van der Waals surface area contributed by atoms with Crippen LogP contribution in [0.5, 0.6) is 11.5 Å². The van der Waals surface area contributed by atoms with Gasteiger partial charge in [-0.25, -0.2) is 4.79 Å². The summed E-state index contributed by atoms with van der Waals surface area (Å²) in [5, 5.41) is 0. The van der Waals surface area contributed by atoms with Crippen molar-refractivity contribution in [1.82, 2.24) is 0 Å². The fourth-order valence-electron chi connectivity index (χ4n) is 4.06. The fourth-order valence-corrected chi connectivity index (χ4v) is 4.06. The van der Waals surface area contributed by atoms with E-state index in [9.17, 15) is 4.79 Å². The van der Waals surface area contributed by atoms with Gasteiger partial charge in [0, 0.05) is 6.21 Å². The first kappa shape index (κ1) is 26.9. The SMILES string of the molecule is CCCCCCOc1ccc(C(=O)Oc2ccc(-c3ccc(C=N[C@@H](C)c4ccccc4)cc3)cc2)cc1. The summed E-state index contributed by atoms with van der Waals surface area (Å²) in [6.45, 7) is 4.98. The Morgan fingerprint density at radius 1 is 0.763 bits per heavy atom. The molecule has 4 rings (SSSR count). The maximum atomic E-state index is 12.6. The third kappa shape index (κ3) is 7.91. The Balaban J connectivity index is 1.29.